The number of amides is 2. The third-order valence-corrected chi connectivity index (χ3v) is 3.09. The van der Waals surface area contributed by atoms with Crippen molar-refractivity contribution in [2.75, 3.05) is 19.0 Å². The number of carbonyl (C=O) groups excluding carboxylic acids is 1. The highest BCUT2D eigenvalue weighted by atomic mass is 16.5. The van der Waals surface area contributed by atoms with Crippen LogP contribution in [-0.2, 0) is 0 Å². The van der Waals surface area contributed by atoms with Crippen LogP contribution in [0.5, 0.6) is 5.75 Å². The van der Waals surface area contributed by atoms with Gasteiger partial charge < -0.3 is 21.1 Å². The number of benzene rings is 2. The minimum Gasteiger partial charge on any atom is -0.497 e. The largest absolute Gasteiger partial charge is 0.497 e. The van der Waals surface area contributed by atoms with Crippen molar-refractivity contribution in [3.05, 3.63) is 60.2 Å². The monoisotopic (exact) mass is 285 g/mol. The smallest absolute Gasteiger partial charge is 0.319 e. The Labute approximate surface area is 124 Å². The molecule has 2 amide bonds. The van der Waals surface area contributed by atoms with Gasteiger partial charge in [-0.05, 0) is 29.8 Å². The highest BCUT2D eigenvalue weighted by Gasteiger charge is 2.12. The fraction of sp³-hybridized carbons (Fsp3) is 0.188. The lowest BCUT2D eigenvalue weighted by Gasteiger charge is -2.17. The van der Waals surface area contributed by atoms with Crippen molar-refractivity contribution >= 4 is 11.7 Å². The minimum atomic E-state index is -0.292. The van der Waals surface area contributed by atoms with Crippen LogP contribution < -0.4 is 21.1 Å². The van der Waals surface area contributed by atoms with Gasteiger partial charge in [0.05, 0.1) is 13.2 Å². The lowest BCUT2D eigenvalue weighted by molar-refractivity contribution is 0.249. The molecule has 2 rings (SSSR count). The molecule has 2 aromatic rings. The van der Waals surface area contributed by atoms with Crippen LogP contribution in [-0.4, -0.2) is 19.7 Å². The van der Waals surface area contributed by atoms with Crippen molar-refractivity contribution in [3.8, 4) is 5.75 Å². The van der Waals surface area contributed by atoms with Gasteiger partial charge in [-0.2, -0.15) is 0 Å². The van der Waals surface area contributed by atoms with Crippen LogP contribution in [0.25, 0.3) is 0 Å². The number of methoxy groups -OCH3 is 1. The summed E-state index contributed by atoms with van der Waals surface area (Å²) in [5, 5.41) is 5.62. The third kappa shape index (κ3) is 4.22. The van der Waals surface area contributed by atoms with Gasteiger partial charge in [0.25, 0.3) is 0 Å². The van der Waals surface area contributed by atoms with Gasteiger partial charge in [-0.3, -0.25) is 0 Å². The molecule has 0 aliphatic heterocycles. The summed E-state index contributed by atoms with van der Waals surface area (Å²) >= 11 is 0. The normalized spacial score (nSPS) is 11.5. The summed E-state index contributed by atoms with van der Waals surface area (Å²) in [7, 11) is 1.60. The average Bonchev–Trinajstić information content (AvgIpc) is 2.54. The van der Waals surface area contributed by atoms with E-state index in [0.717, 1.165) is 11.3 Å². The van der Waals surface area contributed by atoms with Crippen molar-refractivity contribution < 1.29 is 9.53 Å². The quantitative estimate of drug-likeness (QED) is 0.790. The number of ether oxygens (including phenoxy) is 1. The SMILES string of the molecule is COc1ccc(NC(=O)NC(CN)c2ccccc2)cc1. The summed E-state index contributed by atoms with van der Waals surface area (Å²) in [6, 6.07) is 16.2. The number of anilines is 1. The van der Waals surface area contributed by atoms with Gasteiger partial charge in [-0.25, -0.2) is 4.79 Å². The molecule has 5 heteroatoms. The molecular formula is C16H19N3O2. The van der Waals surface area contributed by atoms with E-state index < -0.39 is 0 Å². The summed E-state index contributed by atoms with van der Waals surface area (Å²) in [6.45, 7) is 0.333. The molecule has 21 heavy (non-hydrogen) atoms. The molecule has 110 valence electrons. The second kappa shape index (κ2) is 7.31. The van der Waals surface area contributed by atoms with Gasteiger partial charge in [0.2, 0.25) is 0 Å². The molecule has 0 aromatic heterocycles. The van der Waals surface area contributed by atoms with Gasteiger partial charge in [-0.15, -0.1) is 0 Å². The lowest BCUT2D eigenvalue weighted by Crippen LogP contribution is -2.36. The standard InChI is InChI=1S/C16H19N3O2/c1-21-14-9-7-13(8-10-14)18-16(20)19-15(11-17)12-5-3-2-4-6-12/h2-10,15H,11,17H2,1H3,(H2,18,19,20). The Morgan fingerprint density at radius 1 is 1.14 bits per heavy atom. The molecule has 0 saturated carbocycles. The van der Waals surface area contributed by atoms with Crippen LogP contribution in [0.4, 0.5) is 10.5 Å². The van der Waals surface area contributed by atoms with Crippen molar-refractivity contribution in [3.63, 3.8) is 0 Å². The van der Waals surface area contributed by atoms with E-state index in [9.17, 15) is 4.79 Å². The van der Waals surface area contributed by atoms with E-state index >= 15 is 0 Å². The molecule has 5 nitrogen and oxygen atoms in total. The number of rotatable bonds is 5. The van der Waals surface area contributed by atoms with Crippen molar-refractivity contribution in [1.82, 2.24) is 5.32 Å². The van der Waals surface area contributed by atoms with E-state index in [1.54, 1.807) is 31.4 Å². The minimum absolute atomic E-state index is 0.218. The predicted molar refractivity (Wildman–Crippen MR) is 83.4 cm³/mol. The summed E-state index contributed by atoms with van der Waals surface area (Å²) in [4.78, 5) is 12.0. The molecule has 4 N–H and O–H groups in total. The first-order chi connectivity index (χ1) is 10.2. The van der Waals surface area contributed by atoms with Crippen LogP contribution in [0.3, 0.4) is 0 Å². The van der Waals surface area contributed by atoms with Gasteiger partial charge in [0.1, 0.15) is 5.75 Å². The summed E-state index contributed by atoms with van der Waals surface area (Å²) in [6.07, 6.45) is 0. The highest BCUT2D eigenvalue weighted by molar-refractivity contribution is 5.89. The molecular weight excluding hydrogens is 266 g/mol. The maximum Gasteiger partial charge on any atom is 0.319 e. The highest BCUT2D eigenvalue weighted by Crippen LogP contribution is 2.15. The molecule has 0 fully saturated rings. The zero-order chi connectivity index (χ0) is 15.1. The first-order valence-electron chi connectivity index (χ1n) is 6.69. The number of carbonyl (C=O) groups is 1. The van der Waals surface area contributed by atoms with Gasteiger partial charge in [0, 0.05) is 12.2 Å². The molecule has 0 aliphatic carbocycles. The molecule has 1 unspecified atom stereocenters. The predicted octanol–water partition coefficient (Wildman–Crippen LogP) is 2.52. The Morgan fingerprint density at radius 3 is 2.38 bits per heavy atom. The van der Waals surface area contributed by atoms with E-state index in [-0.39, 0.29) is 12.1 Å². The van der Waals surface area contributed by atoms with Gasteiger partial charge in [-0.1, -0.05) is 30.3 Å². The van der Waals surface area contributed by atoms with Crippen LogP contribution in [0.1, 0.15) is 11.6 Å². The van der Waals surface area contributed by atoms with Crippen LogP contribution in [0, 0.1) is 0 Å². The van der Waals surface area contributed by atoms with Crippen molar-refractivity contribution in [1.29, 1.82) is 0 Å². The number of nitrogens with two attached hydrogens (primary N) is 1. The third-order valence-electron chi connectivity index (χ3n) is 3.09. The average molecular weight is 285 g/mol. The number of nitrogens with one attached hydrogen (secondary N) is 2. The lowest BCUT2D eigenvalue weighted by atomic mass is 10.1. The zero-order valence-corrected chi connectivity index (χ0v) is 11.9. The van der Waals surface area contributed by atoms with E-state index in [1.165, 1.54) is 0 Å². The summed E-state index contributed by atoms with van der Waals surface area (Å²) in [5.41, 5.74) is 7.39. The second-order valence-electron chi connectivity index (χ2n) is 4.53. The Bertz CT molecular complexity index is 570. The molecule has 0 bridgehead atoms. The zero-order valence-electron chi connectivity index (χ0n) is 11.9. The fourth-order valence-electron chi connectivity index (χ4n) is 1.96. The van der Waals surface area contributed by atoms with Gasteiger partial charge in [0.15, 0.2) is 0 Å². The topological polar surface area (TPSA) is 76.4 Å². The van der Waals surface area contributed by atoms with Gasteiger partial charge >= 0.3 is 6.03 Å². The Hall–Kier alpha value is -2.53. The van der Waals surface area contributed by atoms with E-state index in [4.69, 9.17) is 10.5 Å². The van der Waals surface area contributed by atoms with Crippen LogP contribution >= 0.6 is 0 Å². The molecule has 2 aromatic carbocycles. The van der Waals surface area contributed by atoms with E-state index in [1.807, 2.05) is 30.3 Å². The Kier molecular flexibility index (Phi) is 5.17. The van der Waals surface area contributed by atoms with Crippen LogP contribution in [0.2, 0.25) is 0 Å². The summed E-state index contributed by atoms with van der Waals surface area (Å²) < 4.78 is 5.07. The Morgan fingerprint density at radius 2 is 1.81 bits per heavy atom. The number of urea groups is 1. The van der Waals surface area contributed by atoms with E-state index in [2.05, 4.69) is 10.6 Å². The fourth-order valence-corrected chi connectivity index (χ4v) is 1.96. The maximum absolute atomic E-state index is 12.0. The van der Waals surface area contributed by atoms with Crippen LogP contribution in [0.15, 0.2) is 54.6 Å². The molecule has 0 radical (unpaired) electrons. The van der Waals surface area contributed by atoms with Crippen molar-refractivity contribution in [2.45, 2.75) is 6.04 Å². The number of hydrogen-bond acceptors (Lipinski definition) is 3. The molecule has 0 aliphatic rings. The first-order valence-corrected chi connectivity index (χ1v) is 6.69. The molecule has 1 atom stereocenters. The molecule has 0 saturated heterocycles. The number of hydrogen-bond donors (Lipinski definition) is 3. The summed E-state index contributed by atoms with van der Waals surface area (Å²) in [5.74, 6) is 0.741. The Balaban J connectivity index is 1.96. The molecule has 0 heterocycles. The first kappa shape index (κ1) is 14.9. The second-order valence-corrected chi connectivity index (χ2v) is 4.53. The van der Waals surface area contributed by atoms with Crippen molar-refractivity contribution in [2.24, 2.45) is 5.73 Å². The molecule has 0 spiro atoms. The maximum atomic E-state index is 12.0. The van der Waals surface area contributed by atoms with E-state index in [0.29, 0.717) is 12.2 Å².